The Bertz CT molecular complexity index is 1080. The van der Waals surface area contributed by atoms with E-state index in [0.717, 1.165) is 38.5 Å². The molecular formula is C69H137NO5. The standard InChI is InChI=1S/C69H137NO5/c1-3-5-7-9-11-13-15-17-39-43-47-51-55-59-63-69(74)75-64-60-56-52-48-44-40-37-35-33-31-29-27-25-23-21-19-18-20-22-24-26-28-30-32-34-36-38-42-46-50-54-58-62-68(73)70-66(65-71)67(72)61-57-53-49-45-41-16-14-12-10-8-6-4-2/h66-67,71-72H,3-65H2,1-2H3,(H,70,73). The second-order valence-corrected chi connectivity index (χ2v) is 24.2. The van der Waals surface area contributed by atoms with Crippen LogP contribution in [0.25, 0.3) is 0 Å². The van der Waals surface area contributed by atoms with Crippen molar-refractivity contribution in [3.63, 3.8) is 0 Å². The summed E-state index contributed by atoms with van der Waals surface area (Å²) in [6, 6.07) is -0.535. The van der Waals surface area contributed by atoms with Crippen LogP contribution in [0, 0.1) is 0 Å². The smallest absolute Gasteiger partial charge is 0.305 e. The van der Waals surface area contributed by atoms with Crippen molar-refractivity contribution in [2.24, 2.45) is 0 Å². The molecule has 0 saturated heterocycles. The lowest BCUT2D eigenvalue weighted by Gasteiger charge is -2.22. The normalized spacial score (nSPS) is 12.4. The van der Waals surface area contributed by atoms with Crippen molar-refractivity contribution in [2.45, 2.75) is 418 Å². The second-order valence-electron chi connectivity index (χ2n) is 24.2. The Morgan fingerprint density at radius 2 is 0.547 bits per heavy atom. The van der Waals surface area contributed by atoms with Crippen LogP contribution in [0.1, 0.15) is 406 Å². The van der Waals surface area contributed by atoms with E-state index in [1.165, 1.54) is 334 Å². The summed E-state index contributed by atoms with van der Waals surface area (Å²) >= 11 is 0. The van der Waals surface area contributed by atoms with Gasteiger partial charge in [-0.1, -0.05) is 367 Å². The largest absolute Gasteiger partial charge is 0.466 e. The SMILES string of the molecule is CCCCCCCCCCCCCCCCC(=O)OCCCCCCCCCCCCCCCCCCCCCCCCCCCCCCCCCCC(=O)NC(CO)C(O)CCCCCCCCCCCCCC. The van der Waals surface area contributed by atoms with E-state index in [2.05, 4.69) is 19.2 Å². The van der Waals surface area contributed by atoms with E-state index in [1.54, 1.807) is 0 Å². The molecule has 0 aromatic carbocycles. The molecule has 0 spiro atoms. The highest BCUT2D eigenvalue weighted by Gasteiger charge is 2.20. The van der Waals surface area contributed by atoms with Gasteiger partial charge in [0.25, 0.3) is 0 Å². The average Bonchev–Trinajstić information content (AvgIpc) is 3.41. The number of hydrogen-bond donors (Lipinski definition) is 3. The van der Waals surface area contributed by atoms with Gasteiger partial charge in [0.2, 0.25) is 5.91 Å². The van der Waals surface area contributed by atoms with E-state index in [4.69, 9.17) is 4.74 Å². The fourth-order valence-corrected chi connectivity index (χ4v) is 11.4. The predicted molar refractivity (Wildman–Crippen MR) is 329 cm³/mol. The molecule has 0 heterocycles. The van der Waals surface area contributed by atoms with Gasteiger partial charge in [0, 0.05) is 12.8 Å². The van der Waals surface area contributed by atoms with Gasteiger partial charge in [-0.3, -0.25) is 9.59 Å². The molecule has 6 nitrogen and oxygen atoms in total. The minimum Gasteiger partial charge on any atom is -0.466 e. The van der Waals surface area contributed by atoms with E-state index in [0.29, 0.717) is 25.9 Å². The van der Waals surface area contributed by atoms with Crippen molar-refractivity contribution in [1.82, 2.24) is 5.32 Å². The van der Waals surface area contributed by atoms with Crippen LogP contribution < -0.4 is 5.32 Å². The maximum Gasteiger partial charge on any atom is 0.305 e. The molecule has 6 heteroatoms. The molecule has 0 bridgehead atoms. The highest BCUT2D eigenvalue weighted by atomic mass is 16.5. The quantitative estimate of drug-likeness (QED) is 0.0417. The van der Waals surface area contributed by atoms with Crippen molar-refractivity contribution >= 4 is 11.9 Å². The van der Waals surface area contributed by atoms with Gasteiger partial charge in [-0.05, 0) is 25.7 Å². The van der Waals surface area contributed by atoms with E-state index in [9.17, 15) is 19.8 Å². The zero-order valence-electron chi connectivity index (χ0n) is 51.3. The molecule has 0 aromatic heterocycles. The van der Waals surface area contributed by atoms with Gasteiger partial charge in [-0.15, -0.1) is 0 Å². The third-order valence-corrected chi connectivity index (χ3v) is 16.7. The first-order valence-corrected chi connectivity index (χ1v) is 34.8. The Kier molecular flexibility index (Phi) is 64.4. The van der Waals surface area contributed by atoms with E-state index >= 15 is 0 Å². The molecule has 0 fully saturated rings. The maximum absolute atomic E-state index is 12.5. The highest BCUT2D eigenvalue weighted by Crippen LogP contribution is 2.19. The number of carbonyl (C=O) groups excluding carboxylic acids is 2. The van der Waals surface area contributed by atoms with Crippen LogP contribution >= 0.6 is 0 Å². The van der Waals surface area contributed by atoms with Gasteiger partial charge in [0.05, 0.1) is 25.4 Å². The first kappa shape index (κ1) is 73.9. The summed E-state index contributed by atoms with van der Waals surface area (Å²) in [6.07, 6.45) is 78.8. The molecule has 3 N–H and O–H groups in total. The van der Waals surface area contributed by atoms with Crippen LogP contribution in [0.4, 0.5) is 0 Å². The number of esters is 1. The van der Waals surface area contributed by atoms with Crippen LogP contribution in [-0.2, 0) is 14.3 Å². The van der Waals surface area contributed by atoms with Gasteiger partial charge in [0.1, 0.15) is 0 Å². The van der Waals surface area contributed by atoms with Crippen molar-refractivity contribution in [3.05, 3.63) is 0 Å². The first-order chi connectivity index (χ1) is 37.0. The third kappa shape index (κ3) is 61.9. The van der Waals surface area contributed by atoms with Crippen LogP contribution in [0.3, 0.4) is 0 Å². The monoisotopic (exact) mass is 1060 g/mol. The number of aliphatic hydroxyl groups is 2. The molecule has 0 aromatic rings. The molecule has 0 aliphatic carbocycles. The zero-order chi connectivity index (χ0) is 54.3. The van der Waals surface area contributed by atoms with Crippen LogP contribution in [0.2, 0.25) is 0 Å². The Labute approximate surface area is 470 Å². The van der Waals surface area contributed by atoms with E-state index < -0.39 is 12.1 Å². The Morgan fingerprint density at radius 3 is 0.813 bits per heavy atom. The highest BCUT2D eigenvalue weighted by molar-refractivity contribution is 5.76. The first-order valence-electron chi connectivity index (χ1n) is 34.8. The minimum absolute atomic E-state index is 0.0245. The topological polar surface area (TPSA) is 95.9 Å². The molecule has 0 saturated carbocycles. The number of unbranched alkanes of at least 4 members (excludes halogenated alkanes) is 55. The van der Waals surface area contributed by atoms with Crippen LogP contribution in [0.15, 0.2) is 0 Å². The van der Waals surface area contributed by atoms with Crippen LogP contribution in [-0.4, -0.2) is 47.4 Å². The molecule has 0 aliphatic rings. The number of aliphatic hydroxyl groups excluding tert-OH is 2. The number of amides is 1. The van der Waals surface area contributed by atoms with Gasteiger partial charge in [-0.25, -0.2) is 0 Å². The van der Waals surface area contributed by atoms with Gasteiger partial charge >= 0.3 is 5.97 Å². The van der Waals surface area contributed by atoms with Crippen molar-refractivity contribution < 1.29 is 24.5 Å². The number of ether oxygens (including phenoxy) is 1. The number of hydrogen-bond acceptors (Lipinski definition) is 5. The average molecular weight is 1060 g/mol. The molecule has 2 unspecified atom stereocenters. The number of nitrogens with one attached hydrogen (secondary N) is 1. The van der Waals surface area contributed by atoms with Gasteiger partial charge in [-0.2, -0.15) is 0 Å². The molecule has 0 aliphatic heterocycles. The summed E-state index contributed by atoms with van der Waals surface area (Å²) in [4.78, 5) is 24.5. The summed E-state index contributed by atoms with van der Waals surface area (Å²) in [5.41, 5.74) is 0. The van der Waals surface area contributed by atoms with Gasteiger partial charge in [0.15, 0.2) is 0 Å². The third-order valence-electron chi connectivity index (χ3n) is 16.7. The molecule has 1 amide bonds. The van der Waals surface area contributed by atoms with Crippen LogP contribution in [0.5, 0.6) is 0 Å². The summed E-state index contributed by atoms with van der Waals surface area (Å²) in [6.45, 7) is 4.99. The summed E-state index contributed by atoms with van der Waals surface area (Å²) in [5.74, 6) is -0.00372. The zero-order valence-corrected chi connectivity index (χ0v) is 51.3. The number of rotatable bonds is 66. The minimum atomic E-state index is -0.658. The summed E-state index contributed by atoms with van der Waals surface area (Å²) in [5, 5.41) is 23.3. The van der Waals surface area contributed by atoms with Crippen molar-refractivity contribution in [3.8, 4) is 0 Å². The molecule has 2 atom stereocenters. The molecule has 75 heavy (non-hydrogen) atoms. The van der Waals surface area contributed by atoms with Crippen molar-refractivity contribution in [2.75, 3.05) is 13.2 Å². The molecule has 0 rings (SSSR count). The Morgan fingerprint density at radius 1 is 0.320 bits per heavy atom. The Hall–Kier alpha value is -1.14. The number of carbonyl (C=O) groups is 2. The fraction of sp³-hybridized carbons (Fsp3) is 0.971. The predicted octanol–water partition coefficient (Wildman–Crippen LogP) is 22.2. The second kappa shape index (κ2) is 65.4. The van der Waals surface area contributed by atoms with E-state index in [-0.39, 0.29) is 18.5 Å². The molecule has 0 radical (unpaired) electrons. The summed E-state index contributed by atoms with van der Waals surface area (Å²) in [7, 11) is 0. The lowest BCUT2D eigenvalue weighted by molar-refractivity contribution is -0.143. The van der Waals surface area contributed by atoms with Crippen molar-refractivity contribution in [1.29, 1.82) is 0 Å². The maximum atomic E-state index is 12.5. The lowest BCUT2D eigenvalue weighted by atomic mass is 10.0. The Balaban J connectivity index is 3.28. The fourth-order valence-electron chi connectivity index (χ4n) is 11.4. The lowest BCUT2D eigenvalue weighted by Crippen LogP contribution is -2.45. The van der Waals surface area contributed by atoms with E-state index in [1.807, 2.05) is 0 Å². The molecular weight excluding hydrogens is 923 g/mol. The summed E-state index contributed by atoms with van der Waals surface area (Å²) < 4.78 is 5.50. The van der Waals surface area contributed by atoms with Gasteiger partial charge < -0.3 is 20.3 Å². The molecule has 448 valence electrons.